The van der Waals surface area contributed by atoms with Crippen LogP contribution >= 0.6 is 11.6 Å². The fourth-order valence-corrected chi connectivity index (χ4v) is 3.82. The minimum Gasteiger partial charge on any atom is -0.356 e. The molecule has 0 atom stereocenters. The van der Waals surface area contributed by atoms with Gasteiger partial charge in [-0.1, -0.05) is 23.7 Å². The van der Waals surface area contributed by atoms with Crippen molar-refractivity contribution < 1.29 is 9.18 Å². The molecule has 1 amide bonds. The van der Waals surface area contributed by atoms with Crippen LogP contribution in [0.25, 0.3) is 21.8 Å². The number of hydrogen-bond acceptors (Lipinski definition) is 1. The zero-order valence-electron chi connectivity index (χ0n) is 15.0. The lowest BCUT2D eigenvalue weighted by molar-refractivity contribution is 0.0950. The summed E-state index contributed by atoms with van der Waals surface area (Å²) in [5, 5.41) is 5.25. The molecule has 0 bridgehead atoms. The largest absolute Gasteiger partial charge is 0.356 e. The second kappa shape index (κ2) is 6.74. The van der Waals surface area contributed by atoms with Crippen LogP contribution in [0.4, 0.5) is 4.39 Å². The number of rotatable bonds is 4. The highest BCUT2D eigenvalue weighted by Crippen LogP contribution is 2.28. The van der Waals surface area contributed by atoms with Crippen LogP contribution in [-0.4, -0.2) is 22.4 Å². The molecule has 0 unspecified atom stereocenters. The Kier molecular flexibility index (Phi) is 4.40. The number of hydrogen-bond donors (Lipinski definition) is 3. The van der Waals surface area contributed by atoms with E-state index in [0.29, 0.717) is 29.2 Å². The molecule has 2 heterocycles. The Morgan fingerprint density at radius 1 is 1.19 bits per heavy atom. The fourth-order valence-electron chi connectivity index (χ4n) is 3.59. The minimum absolute atomic E-state index is 0.192. The van der Waals surface area contributed by atoms with Crippen LogP contribution in [0.15, 0.2) is 36.4 Å². The molecule has 4 rings (SSSR count). The molecule has 6 heteroatoms. The van der Waals surface area contributed by atoms with Gasteiger partial charge in [-0.2, -0.15) is 0 Å². The van der Waals surface area contributed by atoms with Crippen LogP contribution in [0.5, 0.6) is 0 Å². The van der Waals surface area contributed by atoms with Crippen molar-refractivity contribution in [1.29, 1.82) is 0 Å². The summed E-state index contributed by atoms with van der Waals surface area (Å²) in [6, 6.07) is 10.5. The quantitative estimate of drug-likeness (QED) is 0.454. The molecular weight excluding hydrogens is 365 g/mol. The first-order valence-electron chi connectivity index (χ1n) is 8.77. The summed E-state index contributed by atoms with van der Waals surface area (Å²) in [6.45, 7) is 4.34. The third-order valence-corrected chi connectivity index (χ3v) is 5.28. The van der Waals surface area contributed by atoms with Gasteiger partial charge in [-0.05, 0) is 55.7 Å². The van der Waals surface area contributed by atoms with Crippen molar-refractivity contribution in [3.8, 4) is 0 Å². The van der Waals surface area contributed by atoms with E-state index in [0.717, 1.165) is 33.1 Å². The Bertz CT molecular complexity index is 1180. The van der Waals surface area contributed by atoms with Gasteiger partial charge in [0.15, 0.2) is 0 Å². The van der Waals surface area contributed by atoms with Crippen molar-refractivity contribution >= 4 is 39.3 Å². The van der Waals surface area contributed by atoms with E-state index in [-0.39, 0.29) is 11.7 Å². The summed E-state index contributed by atoms with van der Waals surface area (Å²) < 4.78 is 14.0. The van der Waals surface area contributed by atoms with Gasteiger partial charge in [0.25, 0.3) is 5.91 Å². The van der Waals surface area contributed by atoms with Gasteiger partial charge in [-0.3, -0.25) is 4.79 Å². The van der Waals surface area contributed by atoms with Crippen LogP contribution in [0, 0.1) is 19.7 Å². The number of H-pyrrole nitrogens is 2. The predicted molar refractivity (Wildman–Crippen MR) is 107 cm³/mol. The maximum absolute atomic E-state index is 14.0. The molecule has 0 saturated carbocycles. The number of nitrogens with one attached hydrogen (secondary N) is 3. The van der Waals surface area contributed by atoms with Crippen LogP contribution < -0.4 is 5.32 Å². The van der Waals surface area contributed by atoms with Gasteiger partial charge in [0.2, 0.25) is 0 Å². The molecule has 0 aliphatic heterocycles. The molecule has 0 fully saturated rings. The SMILES string of the molecule is Cc1[nH]c2c(F)ccc(C)c2c1CCNC(=O)c1cc2c(Cl)cccc2[nH]1. The summed E-state index contributed by atoms with van der Waals surface area (Å²) in [6.07, 6.45) is 0.614. The van der Waals surface area contributed by atoms with Gasteiger partial charge < -0.3 is 15.3 Å². The first-order valence-corrected chi connectivity index (χ1v) is 9.15. The summed E-state index contributed by atoms with van der Waals surface area (Å²) >= 11 is 6.16. The summed E-state index contributed by atoms with van der Waals surface area (Å²) in [7, 11) is 0. The van der Waals surface area contributed by atoms with Gasteiger partial charge in [0.05, 0.1) is 5.52 Å². The second-order valence-corrected chi connectivity index (χ2v) is 7.14. The van der Waals surface area contributed by atoms with Gasteiger partial charge in [0.1, 0.15) is 11.5 Å². The predicted octanol–water partition coefficient (Wildman–Crippen LogP) is 5.03. The standard InChI is InChI=1S/C21H19ClFN3O/c1-11-6-7-16(23)20-19(11)13(12(2)25-20)8-9-24-21(27)18-10-14-15(22)4-3-5-17(14)26-18/h3-7,10,25-26H,8-9H2,1-2H3,(H,24,27). The first kappa shape index (κ1) is 17.6. The van der Waals surface area contributed by atoms with Gasteiger partial charge >= 0.3 is 0 Å². The van der Waals surface area contributed by atoms with Crippen molar-refractivity contribution in [3.05, 3.63) is 69.8 Å². The molecule has 27 heavy (non-hydrogen) atoms. The summed E-state index contributed by atoms with van der Waals surface area (Å²) in [5.74, 6) is -0.452. The zero-order valence-corrected chi connectivity index (χ0v) is 15.8. The maximum atomic E-state index is 14.0. The normalized spacial score (nSPS) is 11.4. The smallest absolute Gasteiger partial charge is 0.267 e. The van der Waals surface area contributed by atoms with Crippen molar-refractivity contribution in [3.63, 3.8) is 0 Å². The molecule has 138 valence electrons. The lowest BCUT2D eigenvalue weighted by atomic mass is 10.0. The average Bonchev–Trinajstić information content (AvgIpc) is 3.22. The van der Waals surface area contributed by atoms with Gasteiger partial charge in [0, 0.05) is 33.6 Å². The van der Waals surface area contributed by atoms with Crippen LogP contribution in [0.3, 0.4) is 0 Å². The van der Waals surface area contributed by atoms with E-state index in [4.69, 9.17) is 11.6 Å². The van der Waals surface area contributed by atoms with Gasteiger partial charge in [-0.15, -0.1) is 0 Å². The van der Waals surface area contributed by atoms with Crippen LogP contribution in [-0.2, 0) is 6.42 Å². The molecule has 2 aromatic heterocycles. The van der Waals surface area contributed by atoms with Crippen molar-refractivity contribution in [2.24, 2.45) is 0 Å². The average molecular weight is 384 g/mol. The molecule has 0 aliphatic rings. The van der Waals surface area contributed by atoms with Gasteiger partial charge in [-0.25, -0.2) is 4.39 Å². The molecular formula is C21H19ClFN3O. The van der Waals surface area contributed by atoms with Crippen LogP contribution in [0.2, 0.25) is 5.02 Å². The van der Waals surface area contributed by atoms with Crippen molar-refractivity contribution in [2.75, 3.05) is 6.54 Å². The van der Waals surface area contributed by atoms with Crippen molar-refractivity contribution in [2.45, 2.75) is 20.3 Å². The molecule has 0 radical (unpaired) electrons. The van der Waals surface area contributed by atoms with Crippen molar-refractivity contribution in [1.82, 2.24) is 15.3 Å². The number of carbonyl (C=O) groups is 1. The van der Waals surface area contributed by atoms with E-state index in [9.17, 15) is 9.18 Å². The molecule has 0 saturated heterocycles. The zero-order chi connectivity index (χ0) is 19.1. The lowest BCUT2D eigenvalue weighted by Crippen LogP contribution is -2.26. The summed E-state index contributed by atoms with van der Waals surface area (Å²) in [4.78, 5) is 18.7. The Hall–Kier alpha value is -2.79. The number of benzene rings is 2. The Labute approximate surface area is 160 Å². The molecule has 0 spiro atoms. The van der Waals surface area contributed by atoms with E-state index >= 15 is 0 Å². The number of aryl methyl sites for hydroxylation is 2. The fraction of sp³-hybridized carbons (Fsp3) is 0.190. The van der Waals surface area contributed by atoms with E-state index in [1.165, 1.54) is 6.07 Å². The molecule has 4 aromatic rings. The maximum Gasteiger partial charge on any atom is 0.267 e. The minimum atomic E-state index is -0.260. The van der Waals surface area contributed by atoms with E-state index < -0.39 is 0 Å². The monoisotopic (exact) mass is 383 g/mol. The second-order valence-electron chi connectivity index (χ2n) is 6.73. The molecule has 3 N–H and O–H groups in total. The highest BCUT2D eigenvalue weighted by Gasteiger charge is 2.15. The molecule has 4 nitrogen and oxygen atoms in total. The Balaban J connectivity index is 1.52. The first-order chi connectivity index (χ1) is 13.0. The van der Waals surface area contributed by atoms with E-state index in [2.05, 4.69) is 15.3 Å². The third kappa shape index (κ3) is 3.08. The topological polar surface area (TPSA) is 60.7 Å². The highest BCUT2D eigenvalue weighted by molar-refractivity contribution is 6.35. The number of halogens is 2. The number of fused-ring (bicyclic) bond motifs is 2. The third-order valence-electron chi connectivity index (χ3n) is 4.95. The number of carbonyl (C=O) groups excluding carboxylic acids is 1. The number of aromatic nitrogens is 2. The highest BCUT2D eigenvalue weighted by atomic mass is 35.5. The number of amides is 1. The molecule has 2 aromatic carbocycles. The lowest BCUT2D eigenvalue weighted by Gasteiger charge is -2.06. The number of aromatic amines is 2. The van der Waals surface area contributed by atoms with E-state index in [1.54, 1.807) is 18.2 Å². The summed E-state index contributed by atoms with van der Waals surface area (Å²) in [5.41, 5.74) is 4.79. The van der Waals surface area contributed by atoms with Crippen LogP contribution in [0.1, 0.15) is 27.3 Å². The molecule has 0 aliphatic carbocycles. The Morgan fingerprint density at radius 2 is 2.00 bits per heavy atom. The Morgan fingerprint density at radius 3 is 2.78 bits per heavy atom. The van der Waals surface area contributed by atoms with E-state index in [1.807, 2.05) is 26.0 Å².